The largest absolute Gasteiger partial charge is 0.480 e. The number of aromatic amines is 4. The van der Waals surface area contributed by atoms with Crippen LogP contribution in [0.3, 0.4) is 0 Å². The summed E-state index contributed by atoms with van der Waals surface area (Å²) in [6.07, 6.45) is 0.429. The number of anilines is 2. The van der Waals surface area contributed by atoms with Gasteiger partial charge >= 0.3 is 0 Å². The number of nitrogens with two attached hydrogens (primary N) is 1. The fraction of sp³-hybridized carbons (Fsp3) is 0. The van der Waals surface area contributed by atoms with E-state index < -0.39 is 170 Å². The first kappa shape index (κ1) is 58.8. The number of benzene rings is 5. The molecule has 2 aromatic heterocycles. The lowest BCUT2D eigenvalue weighted by atomic mass is 9.92. The van der Waals surface area contributed by atoms with Crippen LogP contribution in [-0.2, 0) is 60.7 Å². The molecular weight excluding hydrogens is 1220 g/mol. The second-order valence-corrected chi connectivity index (χ2v) is 24.5. The summed E-state index contributed by atoms with van der Waals surface area (Å²) in [6.45, 7) is 0. The smallest absolute Gasteiger partial charge is 0.297 e. The first-order chi connectivity index (χ1) is 38.0. The molecule has 0 atom stereocenters. The van der Waals surface area contributed by atoms with Crippen molar-refractivity contribution in [3.8, 4) is 12.0 Å². The van der Waals surface area contributed by atoms with Crippen LogP contribution < -0.4 is 33.6 Å². The number of azo groups is 1. The third kappa shape index (κ3) is 13.6. The molecule has 0 bridgehead atoms. The number of hydrogen-bond acceptors (Lipinski definition) is 26. The number of ketones is 1. The van der Waals surface area contributed by atoms with Crippen molar-refractivity contribution in [1.82, 2.24) is 29.9 Å². The van der Waals surface area contributed by atoms with Crippen molar-refractivity contribution >= 4 is 124 Å². The molecule has 0 fully saturated rings. The average molecular weight is 1250 g/mol. The van der Waals surface area contributed by atoms with Crippen LogP contribution in [0.25, 0.3) is 6.08 Å². The highest BCUT2D eigenvalue weighted by Crippen LogP contribution is 2.42. The predicted octanol–water partition coefficient (Wildman–Crippen LogP) is 1.25. The van der Waals surface area contributed by atoms with Crippen molar-refractivity contribution in [2.75, 3.05) is 11.2 Å². The van der Waals surface area contributed by atoms with Gasteiger partial charge in [-0.1, -0.05) is 12.1 Å². The highest BCUT2D eigenvalue weighted by atomic mass is 32.2. The molecule has 42 heteroatoms. The Bertz CT molecular complexity index is 5040. The molecule has 8 rings (SSSR count). The molecule has 36 nitrogen and oxygen atoms in total. The van der Waals surface area contributed by atoms with E-state index in [-0.39, 0.29) is 22.7 Å². The molecule has 0 unspecified atom stereocenters. The number of nitrogens with zero attached hydrogens (tertiary/aromatic N) is 9. The summed E-state index contributed by atoms with van der Waals surface area (Å²) in [5.41, 5.74) is -1.11. The highest BCUT2D eigenvalue weighted by Gasteiger charge is 2.37. The number of hydrogen-bond donors (Lipinski definition) is 14. The summed E-state index contributed by atoms with van der Waals surface area (Å²) in [5.74, 6) is -1.62. The number of carbonyl (C=O) groups excluding carboxylic acids is 1. The van der Waals surface area contributed by atoms with Gasteiger partial charge in [0.1, 0.15) is 31.0 Å². The van der Waals surface area contributed by atoms with Gasteiger partial charge in [0.05, 0.1) is 49.5 Å². The molecule has 7 aromatic rings. The Balaban J connectivity index is 1.21. The number of rotatable bonds is 14. The van der Waals surface area contributed by atoms with Crippen molar-refractivity contribution in [1.29, 1.82) is 0 Å². The highest BCUT2D eigenvalue weighted by molar-refractivity contribution is 7.91. The van der Waals surface area contributed by atoms with E-state index in [9.17, 15) is 92.8 Å². The van der Waals surface area contributed by atoms with Crippen LogP contribution in [0.1, 0.15) is 15.9 Å². The molecule has 0 aliphatic heterocycles. The van der Waals surface area contributed by atoms with Crippen LogP contribution >= 0.6 is 0 Å². The third-order valence-corrected chi connectivity index (χ3v) is 15.6. The minimum absolute atomic E-state index is 0.106. The molecule has 5 aromatic carbocycles. The van der Waals surface area contributed by atoms with Crippen LogP contribution in [0, 0.1) is 0 Å². The molecule has 0 radical (unpaired) electrons. The summed E-state index contributed by atoms with van der Waals surface area (Å²) in [7, 11) is -31.1. The fourth-order valence-electron chi connectivity index (χ4n) is 7.04. The lowest BCUT2D eigenvalue weighted by Crippen LogP contribution is -2.28. The molecule has 82 heavy (non-hydrogen) atoms. The zero-order chi connectivity index (χ0) is 60.1. The number of Topliss-reactive ketones (excluding diaryl/α,β-unsaturated/α-hetero) is 1. The van der Waals surface area contributed by atoms with Crippen LogP contribution in [-0.4, -0.2) is 129 Å². The Hall–Kier alpha value is -9.34. The normalized spacial score (nSPS) is 15.1. The topological polar surface area (TPSA) is 597 Å². The van der Waals surface area contributed by atoms with E-state index in [0.29, 0.717) is 18.2 Å². The van der Waals surface area contributed by atoms with Gasteiger partial charge in [0.25, 0.3) is 72.7 Å². The second-order valence-electron chi connectivity index (χ2n) is 16.1. The van der Waals surface area contributed by atoms with Crippen LogP contribution in [0.4, 0.5) is 45.5 Å². The number of aromatic hydroxyl groups is 2. The Kier molecular flexibility index (Phi) is 15.5. The summed E-state index contributed by atoms with van der Waals surface area (Å²) >= 11 is 0. The zero-order valence-corrected chi connectivity index (χ0v) is 44.6. The number of hydrazone groups is 1. The number of carbonyl (C=O) groups is 1. The monoisotopic (exact) mass is 1250 g/mol. The van der Waals surface area contributed by atoms with Gasteiger partial charge in [0.2, 0.25) is 28.3 Å². The Morgan fingerprint density at radius 2 is 0.976 bits per heavy atom. The van der Waals surface area contributed by atoms with Crippen molar-refractivity contribution in [2.45, 2.75) is 24.5 Å². The summed E-state index contributed by atoms with van der Waals surface area (Å²) in [5, 5.41) is 31.6. The number of nitrogen functional groups attached to an aromatic ring is 1. The standard InChI is InChI=1S/C40H31N15O21S6/c41-31-30-17(11-28(81(71,72)73)32(31)54-52-24-15-20(7-9-26(24)79(65,66)67)44-37-46-35(48-39(57)50-37)42-18-3-1-5-22(13-18)77(59,60)61)12-29(82(74,75)76)33(34(30)56)55-53-25-16-21(8-10-27(25)80(68,69)70)45-38-47-36(49-40(58)51-38)43-19-4-2-6-23(14-19)78(62,63)64/h1-16,53H,41H2,(H,59,60,61)(H,62,63,64)(H,65,66,67)(H,68,69,70)(H,71,72,73)(H,74,75,76)(H3,42,44,46,48,50,57)(H3,43,45,47,49,51,58)/b54-52?,55-33+. The number of aromatic nitrogens is 6. The maximum absolute atomic E-state index is 14.3. The Morgan fingerprint density at radius 3 is 1.45 bits per heavy atom. The van der Waals surface area contributed by atoms with Crippen LogP contribution in [0.5, 0.6) is 12.0 Å². The van der Waals surface area contributed by atoms with Gasteiger partial charge in [-0.15, -0.1) is 10.2 Å². The Labute approximate surface area is 456 Å². The number of nitrogens with one attached hydrogen (secondary N) is 5. The number of allylic oxidation sites excluding steroid dienone is 1. The van der Waals surface area contributed by atoms with E-state index in [1.807, 2.05) is 0 Å². The fourth-order valence-corrected chi connectivity index (χ4v) is 10.6. The molecule has 1 aliphatic rings. The molecule has 15 N–H and O–H groups in total. The van der Waals surface area contributed by atoms with E-state index in [4.69, 9.17) is 5.73 Å². The van der Waals surface area contributed by atoms with Gasteiger partial charge < -0.3 is 15.9 Å². The van der Waals surface area contributed by atoms with E-state index >= 15 is 0 Å². The summed E-state index contributed by atoms with van der Waals surface area (Å²) in [4.78, 5) is 41.7. The van der Waals surface area contributed by atoms with Gasteiger partial charge in [-0.05, 0) is 90.5 Å². The average Bonchev–Trinajstić information content (AvgIpc) is 3.30. The zero-order valence-electron chi connectivity index (χ0n) is 39.7. The van der Waals surface area contributed by atoms with Gasteiger partial charge in [0.15, 0.2) is 5.71 Å². The quantitative estimate of drug-likeness (QED) is 0.0315. The minimum Gasteiger partial charge on any atom is -0.480 e. The van der Waals surface area contributed by atoms with Crippen molar-refractivity contribution in [2.24, 2.45) is 35.3 Å². The van der Waals surface area contributed by atoms with Crippen LogP contribution in [0.2, 0.25) is 0 Å². The summed E-state index contributed by atoms with van der Waals surface area (Å²) < 4.78 is 207. The predicted molar refractivity (Wildman–Crippen MR) is 275 cm³/mol. The van der Waals surface area contributed by atoms with Crippen LogP contribution in [0.15, 0.2) is 156 Å². The first-order valence-corrected chi connectivity index (χ1v) is 30.0. The molecule has 0 saturated carbocycles. The Morgan fingerprint density at radius 1 is 0.500 bits per heavy atom. The third-order valence-electron chi connectivity index (χ3n) is 10.4. The molecule has 2 heterocycles. The molecular formula is C40H31N15O21S6. The number of H-pyrrole nitrogens is 4. The van der Waals surface area contributed by atoms with Crippen molar-refractivity contribution in [3.05, 3.63) is 130 Å². The van der Waals surface area contributed by atoms with Gasteiger partial charge in [-0.2, -0.15) is 65.6 Å². The first-order valence-electron chi connectivity index (χ1n) is 21.3. The van der Waals surface area contributed by atoms with Crippen molar-refractivity contribution < 1.29 is 92.8 Å². The van der Waals surface area contributed by atoms with Crippen molar-refractivity contribution in [3.63, 3.8) is 0 Å². The van der Waals surface area contributed by atoms with E-state index in [2.05, 4.69) is 70.6 Å². The molecule has 1 aliphatic carbocycles. The molecule has 0 saturated heterocycles. The molecule has 0 spiro atoms. The minimum atomic E-state index is -5.62. The molecule has 428 valence electrons. The van der Waals surface area contributed by atoms with Gasteiger partial charge in [0, 0.05) is 0 Å². The summed E-state index contributed by atoms with van der Waals surface area (Å²) in [6, 6.07) is 12.7. The SMILES string of the molecule is Nc1c(N=Nc2cc(N=c3[nH]c(O)nc(=Nc4cccc(S(=O)(=O)O)c4)[nH]3)ccc2S(=O)(=O)O)c(S(=O)(=O)O)cc2c1C(=O)/C(=N/Nc1cc(N=c3[nH]c(O)nc(=Nc4cccc(S(=O)(=O)O)c4)[nH]3)ccc1S(=O)(=O)O)C(S(=O)(=O)O)=C2. The molecule has 0 amide bonds. The maximum Gasteiger partial charge on any atom is 0.297 e. The lowest BCUT2D eigenvalue weighted by molar-refractivity contribution is 0.106. The maximum atomic E-state index is 14.3. The van der Waals surface area contributed by atoms with E-state index in [0.717, 1.165) is 54.6 Å². The number of fused-ring (bicyclic) bond motifs is 1. The van der Waals surface area contributed by atoms with Gasteiger partial charge in [-0.3, -0.25) is 57.5 Å². The van der Waals surface area contributed by atoms with Gasteiger partial charge in [-0.25, -0.2) is 20.0 Å². The second kappa shape index (κ2) is 21.6. The lowest BCUT2D eigenvalue weighted by Gasteiger charge is -2.20. The van der Waals surface area contributed by atoms with E-state index in [1.54, 1.807) is 0 Å². The van der Waals surface area contributed by atoms with E-state index in [1.165, 1.54) is 24.3 Å².